The lowest BCUT2D eigenvalue weighted by molar-refractivity contribution is 0.227. The van der Waals surface area contributed by atoms with Gasteiger partial charge in [-0.15, -0.1) is 0 Å². The molecule has 0 bridgehead atoms. The van der Waals surface area contributed by atoms with Gasteiger partial charge in [0.05, 0.1) is 29.2 Å². The number of nitrogens with zero attached hydrogens (tertiary/aromatic N) is 2. The van der Waals surface area contributed by atoms with E-state index >= 15 is 0 Å². The molecule has 1 aromatic rings. The second kappa shape index (κ2) is 9.19. The smallest absolute Gasteiger partial charge is 0.352 e. The molecule has 1 saturated heterocycles. The standard InChI is InChI=1S/C15H18ClN2O3PS2/c1-3-20-22(19,21-4-2)14(9-17)15-23-10-18(11-24-15)13-7-5-6-12(16)8-13/h5-8H,3-4,10-11H2,1-2H3. The van der Waals surface area contributed by atoms with Gasteiger partial charge in [-0.05, 0) is 32.0 Å². The van der Waals surface area contributed by atoms with Crippen molar-refractivity contribution in [1.29, 1.82) is 5.26 Å². The van der Waals surface area contributed by atoms with Crippen LogP contribution in [0.15, 0.2) is 33.8 Å². The van der Waals surface area contributed by atoms with Crippen molar-refractivity contribution in [1.82, 2.24) is 0 Å². The van der Waals surface area contributed by atoms with Crippen LogP contribution in [0.4, 0.5) is 5.69 Å². The van der Waals surface area contributed by atoms with Crippen molar-refractivity contribution in [2.75, 3.05) is 29.9 Å². The molecule has 2 rings (SSSR count). The molecule has 9 heteroatoms. The Morgan fingerprint density at radius 3 is 2.46 bits per heavy atom. The molecule has 24 heavy (non-hydrogen) atoms. The first-order valence-electron chi connectivity index (χ1n) is 7.34. The van der Waals surface area contributed by atoms with Crippen LogP contribution >= 0.6 is 42.7 Å². The molecule has 0 unspecified atom stereocenters. The van der Waals surface area contributed by atoms with Gasteiger partial charge >= 0.3 is 7.60 Å². The molecule has 1 fully saturated rings. The summed E-state index contributed by atoms with van der Waals surface area (Å²) >= 11 is 8.94. The number of allylic oxidation sites excluding steroid dienone is 1. The van der Waals surface area contributed by atoms with Crippen molar-refractivity contribution in [2.45, 2.75) is 13.8 Å². The zero-order valence-corrected chi connectivity index (χ0v) is 16.7. The van der Waals surface area contributed by atoms with Crippen LogP contribution in [0.1, 0.15) is 13.8 Å². The van der Waals surface area contributed by atoms with E-state index in [9.17, 15) is 9.83 Å². The number of halogens is 1. The molecule has 130 valence electrons. The summed E-state index contributed by atoms with van der Waals surface area (Å²) in [5.74, 6) is 1.26. The lowest BCUT2D eigenvalue weighted by Crippen LogP contribution is -2.25. The highest BCUT2D eigenvalue weighted by Gasteiger charge is 2.35. The molecule has 1 heterocycles. The Labute approximate surface area is 155 Å². The van der Waals surface area contributed by atoms with Crippen molar-refractivity contribution >= 4 is 48.4 Å². The van der Waals surface area contributed by atoms with Crippen molar-refractivity contribution in [2.24, 2.45) is 0 Å². The van der Waals surface area contributed by atoms with Crippen LogP contribution in [0.3, 0.4) is 0 Å². The molecule has 1 aliphatic rings. The molecule has 0 aliphatic carbocycles. The topological polar surface area (TPSA) is 62.6 Å². The summed E-state index contributed by atoms with van der Waals surface area (Å²) in [7, 11) is -3.56. The molecule has 0 N–H and O–H groups in total. The zero-order valence-electron chi connectivity index (χ0n) is 13.4. The van der Waals surface area contributed by atoms with Gasteiger partial charge in [-0.25, -0.2) is 0 Å². The van der Waals surface area contributed by atoms with E-state index in [4.69, 9.17) is 20.6 Å². The summed E-state index contributed by atoms with van der Waals surface area (Å²) < 4.78 is 24.1. The van der Waals surface area contributed by atoms with Crippen molar-refractivity contribution in [3.05, 3.63) is 38.8 Å². The second-order valence-electron chi connectivity index (χ2n) is 4.65. The van der Waals surface area contributed by atoms with Crippen LogP contribution < -0.4 is 4.90 Å². The van der Waals surface area contributed by atoms with E-state index in [-0.39, 0.29) is 18.5 Å². The van der Waals surface area contributed by atoms with Gasteiger partial charge in [0.15, 0.2) is 5.31 Å². The Balaban J connectivity index is 2.19. The molecule has 0 atom stereocenters. The van der Waals surface area contributed by atoms with Crippen LogP contribution in [0, 0.1) is 11.3 Å². The van der Waals surface area contributed by atoms with Crippen molar-refractivity contribution < 1.29 is 13.6 Å². The molecule has 0 spiro atoms. The third kappa shape index (κ3) is 4.72. The first-order valence-corrected chi connectivity index (χ1v) is 11.2. The summed E-state index contributed by atoms with van der Waals surface area (Å²) in [6.07, 6.45) is 0. The minimum Gasteiger partial charge on any atom is -0.352 e. The summed E-state index contributed by atoms with van der Waals surface area (Å²) in [5.41, 5.74) is 1.01. The molecule has 0 radical (unpaired) electrons. The van der Waals surface area contributed by atoms with Gasteiger partial charge < -0.3 is 13.9 Å². The Hall–Kier alpha value is -0.610. The number of nitriles is 1. The van der Waals surface area contributed by atoms with Gasteiger partial charge in [-0.1, -0.05) is 41.2 Å². The Morgan fingerprint density at radius 1 is 1.33 bits per heavy atom. The van der Waals surface area contributed by atoms with E-state index in [1.807, 2.05) is 30.3 Å². The molecular weight excluding hydrogens is 387 g/mol. The van der Waals surface area contributed by atoms with Crippen LogP contribution in [-0.4, -0.2) is 25.0 Å². The van der Waals surface area contributed by atoms with E-state index in [1.165, 1.54) is 23.5 Å². The maximum atomic E-state index is 12.9. The summed E-state index contributed by atoms with van der Waals surface area (Å²) in [6, 6.07) is 9.64. The van der Waals surface area contributed by atoms with Crippen molar-refractivity contribution in [3.8, 4) is 6.07 Å². The molecule has 1 aromatic carbocycles. The highest BCUT2D eigenvalue weighted by Crippen LogP contribution is 2.60. The fraction of sp³-hybridized carbons (Fsp3) is 0.400. The van der Waals surface area contributed by atoms with E-state index in [0.717, 1.165) is 5.69 Å². The van der Waals surface area contributed by atoms with Crippen LogP contribution in [0.5, 0.6) is 0 Å². The average molecular weight is 405 g/mol. The molecule has 0 amide bonds. The Kier molecular flexibility index (Phi) is 7.55. The monoisotopic (exact) mass is 404 g/mol. The number of hydrogen-bond donors (Lipinski definition) is 0. The van der Waals surface area contributed by atoms with Crippen molar-refractivity contribution in [3.63, 3.8) is 0 Å². The van der Waals surface area contributed by atoms with Gasteiger partial charge in [0.2, 0.25) is 0 Å². The minimum atomic E-state index is -3.56. The second-order valence-corrected chi connectivity index (χ2v) is 9.21. The highest BCUT2D eigenvalue weighted by molar-refractivity contribution is 8.23. The normalized spacial score (nSPS) is 15.2. The minimum absolute atomic E-state index is 0.104. The molecule has 5 nitrogen and oxygen atoms in total. The zero-order chi connectivity index (χ0) is 17.6. The molecule has 0 saturated carbocycles. The van der Waals surface area contributed by atoms with E-state index < -0.39 is 7.60 Å². The predicted molar refractivity (Wildman–Crippen MR) is 102 cm³/mol. The Morgan fingerprint density at radius 2 is 1.96 bits per heavy atom. The summed E-state index contributed by atoms with van der Waals surface area (Å²) in [5, 5.41) is 10.3. The SMILES string of the molecule is CCOP(=O)(OCC)C(C#N)=C1SCN(c2cccc(Cl)c2)CS1. The van der Waals surface area contributed by atoms with E-state index in [0.29, 0.717) is 21.0 Å². The highest BCUT2D eigenvalue weighted by atomic mass is 35.5. The largest absolute Gasteiger partial charge is 0.373 e. The van der Waals surface area contributed by atoms with Crippen LogP contribution in [-0.2, 0) is 13.6 Å². The third-order valence-corrected chi connectivity index (χ3v) is 8.17. The number of anilines is 1. The first-order chi connectivity index (χ1) is 11.5. The Bertz CT molecular complexity index is 688. The van der Waals surface area contributed by atoms with E-state index in [2.05, 4.69) is 4.90 Å². The first kappa shape index (κ1) is 19.7. The van der Waals surface area contributed by atoms with Gasteiger partial charge in [0.25, 0.3) is 0 Å². The molecule has 1 aliphatic heterocycles. The van der Waals surface area contributed by atoms with Gasteiger partial charge in [0.1, 0.15) is 6.07 Å². The maximum absolute atomic E-state index is 12.9. The predicted octanol–water partition coefficient (Wildman–Crippen LogP) is 5.50. The maximum Gasteiger partial charge on any atom is 0.373 e. The van der Waals surface area contributed by atoms with E-state index in [1.54, 1.807) is 13.8 Å². The molecule has 0 aromatic heterocycles. The van der Waals surface area contributed by atoms with Crippen LogP contribution in [0.25, 0.3) is 0 Å². The van der Waals surface area contributed by atoms with Gasteiger partial charge in [0, 0.05) is 10.7 Å². The number of hydrogen-bond acceptors (Lipinski definition) is 7. The quantitative estimate of drug-likeness (QED) is 0.458. The number of benzene rings is 1. The fourth-order valence-corrected chi connectivity index (χ4v) is 6.79. The molecular formula is C15H18ClN2O3PS2. The van der Waals surface area contributed by atoms with Crippen LogP contribution in [0.2, 0.25) is 5.02 Å². The number of thioether (sulfide) groups is 2. The van der Waals surface area contributed by atoms with Gasteiger partial charge in [-0.2, -0.15) is 5.26 Å². The summed E-state index contributed by atoms with van der Waals surface area (Å²) in [6.45, 7) is 3.90. The number of rotatable bonds is 6. The third-order valence-electron chi connectivity index (χ3n) is 3.05. The lowest BCUT2D eigenvalue weighted by Gasteiger charge is -2.30. The summed E-state index contributed by atoms with van der Waals surface area (Å²) in [4.78, 5) is 2.13. The lowest BCUT2D eigenvalue weighted by atomic mass is 10.3. The van der Waals surface area contributed by atoms with Gasteiger partial charge in [-0.3, -0.25) is 4.57 Å². The average Bonchev–Trinajstić information content (AvgIpc) is 2.56. The fourth-order valence-electron chi connectivity index (χ4n) is 2.04.